The van der Waals surface area contributed by atoms with Crippen molar-refractivity contribution in [2.45, 2.75) is 0 Å². The van der Waals surface area contributed by atoms with Crippen molar-refractivity contribution < 1.29 is 4.84 Å². The number of hydrogen-bond donors (Lipinski definition) is 1. The Balaban J connectivity index is 2.80. The molecule has 0 aliphatic carbocycles. The normalized spacial score (nSPS) is 10.6. The Hall–Kier alpha value is -1.65. The molecule has 2 aromatic rings. The maximum atomic E-state index is 5.64. The Kier molecular flexibility index (Phi) is 1.06. The minimum absolute atomic E-state index is 0.657. The highest BCUT2D eigenvalue weighted by molar-refractivity contribution is 5.64. The fourth-order valence-electron chi connectivity index (χ4n) is 1.04. The van der Waals surface area contributed by atoms with Gasteiger partial charge < -0.3 is 10.6 Å². The van der Waals surface area contributed by atoms with E-state index in [0.29, 0.717) is 5.69 Å². The summed E-state index contributed by atoms with van der Waals surface area (Å²) in [5.74, 6) is 0. The zero-order valence-electron chi connectivity index (χ0n) is 6.06. The maximum Gasteiger partial charge on any atom is 0.194 e. The summed E-state index contributed by atoms with van der Waals surface area (Å²) < 4.78 is 3.16. The molecule has 0 unspecified atom stereocenters. The topological polar surface area (TPSA) is 57.5 Å². The number of nitrogens with zero attached hydrogens (tertiary/aromatic N) is 3. The van der Waals surface area contributed by atoms with Crippen LogP contribution in [0.15, 0.2) is 18.6 Å². The number of nitrogen functional groups attached to an aromatic ring is 1. The SMILES string of the molecule is COn1cnn2ccc(N)c12. The van der Waals surface area contributed by atoms with E-state index in [1.54, 1.807) is 30.2 Å². The van der Waals surface area contributed by atoms with E-state index in [-0.39, 0.29) is 0 Å². The van der Waals surface area contributed by atoms with Crippen LogP contribution in [0.1, 0.15) is 0 Å². The second-order valence-corrected chi connectivity index (χ2v) is 2.18. The molecule has 0 amide bonds. The van der Waals surface area contributed by atoms with Gasteiger partial charge in [-0.05, 0) is 6.07 Å². The third kappa shape index (κ3) is 0.674. The summed E-state index contributed by atoms with van der Waals surface area (Å²) in [6, 6.07) is 1.78. The molecule has 0 bridgehead atoms. The van der Waals surface area contributed by atoms with Gasteiger partial charge in [0.15, 0.2) is 12.0 Å². The maximum absolute atomic E-state index is 5.64. The molecule has 2 aromatic heterocycles. The molecule has 0 fully saturated rings. The first-order valence-electron chi connectivity index (χ1n) is 3.17. The molecule has 2 rings (SSSR count). The van der Waals surface area contributed by atoms with E-state index in [0.717, 1.165) is 5.65 Å². The molecule has 5 heteroatoms. The first-order valence-corrected chi connectivity index (χ1v) is 3.17. The van der Waals surface area contributed by atoms with Gasteiger partial charge >= 0.3 is 0 Å². The van der Waals surface area contributed by atoms with Crippen LogP contribution in [0, 0.1) is 0 Å². The van der Waals surface area contributed by atoms with Gasteiger partial charge in [-0.3, -0.25) is 0 Å². The number of anilines is 1. The molecule has 0 spiro atoms. The highest BCUT2D eigenvalue weighted by atomic mass is 16.6. The first-order chi connectivity index (χ1) is 5.33. The van der Waals surface area contributed by atoms with E-state index in [1.807, 2.05) is 0 Å². The van der Waals surface area contributed by atoms with Crippen LogP contribution < -0.4 is 10.6 Å². The molecular weight excluding hydrogens is 144 g/mol. The second-order valence-electron chi connectivity index (χ2n) is 2.18. The van der Waals surface area contributed by atoms with Crippen molar-refractivity contribution in [3.05, 3.63) is 18.6 Å². The molecule has 0 saturated carbocycles. The molecular formula is C6H8N4O. The summed E-state index contributed by atoms with van der Waals surface area (Å²) in [6.45, 7) is 0. The summed E-state index contributed by atoms with van der Waals surface area (Å²) in [6.07, 6.45) is 3.34. The molecule has 0 aliphatic heterocycles. The molecule has 0 aliphatic rings. The van der Waals surface area contributed by atoms with Crippen molar-refractivity contribution in [3.63, 3.8) is 0 Å². The van der Waals surface area contributed by atoms with Crippen LogP contribution in [0.25, 0.3) is 5.65 Å². The smallest absolute Gasteiger partial charge is 0.194 e. The Labute approximate surface area is 62.9 Å². The average molecular weight is 152 g/mol. The van der Waals surface area contributed by atoms with E-state index in [1.165, 1.54) is 4.73 Å². The monoisotopic (exact) mass is 152 g/mol. The van der Waals surface area contributed by atoms with Gasteiger partial charge in [0.25, 0.3) is 0 Å². The van der Waals surface area contributed by atoms with Crippen LogP contribution in [-0.4, -0.2) is 21.5 Å². The molecule has 11 heavy (non-hydrogen) atoms. The van der Waals surface area contributed by atoms with Crippen molar-refractivity contribution in [3.8, 4) is 0 Å². The molecule has 58 valence electrons. The highest BCUT2D eigenvalue weighted by Gasteiger charge is 2.04. The average Bonchev–Trinajstić information content (AvgIpc) is 2.54. The Bertz CT molecular complexity index is 375. The van der Waals surface area contributed by atoms with Crippen molar-refractivity contribution in [1.82, 2.24) is 14.3 Å². The Morgan fingerprint density at radius 1 is 1.64 bits per heavy atom. The lowest BCUT2D eigenvalue weighted by Crippen LogP contribution is -2.04. The van der Waals surface area contributed by atoms with Crippen molar-refractivity contribution in [1.29, 1.82) is 0 Å². The zero-order valence-corrected chi connectivity index (χ0v) is 6.06. The minimum atomic E-state index is 0.657. The van der Waals surface area contributed by atoms with Crippen LogP contribution in [0.2, 0.25) is 0 Å². The zero-order chi connectivity index (χ0) is 7.84. The lowest BCUT2D eigenvalue weighted by Gasteiger charge is -1.97. The number of nitrogens with two attached hydrogens (primary N) is 1. The van der Waals surface area contributed by atoms with Crippen LogP contribution in [0.5, 0.6) is 0 Å². The van der Waals surface area contributed by atoms with Gasteiger partial charge in [-0.15, -0.1) is 0 Å². The summed E-state index contributed by atoms with van der Waals surface area (Å²) in [4.78, 5) is 4.96. The lowest BCUT2D eigenvalue weighted by molar-refractivity contribution is 0.177. The van der Waals surface area contributed by atoms with Crippen molar-refractivity contribution in [2.75, 3.05) is 12.8 Å². The van der Waals surface area contributed by atoms with Crippen LogP contribution in [0.4, 0.5) is 5.69 Å². The van der Waals surface area contributed by atoms with Crippen molar-refractivity contribution in [2.24, 2.45) is 0 Å². The van der Waals surface area contributed by atoms with Crippen LogP contribution in [0.3, 0.4) is 0 Å². The van der Waals surface area contributed by atoms with E-state index in [4.69, 9.17) is 10.6 Å². The largest absolute Gasteiger partial charge is 0.414 e. The molecule has 5 nitrogen and oxygen atoms in total. The Morgan fingerprint density at radius 2 is 2.45 bits per heavy atom. The summed E-state index contributed by atoms with van der Waals surface area (Å²) in [7, 11) is 1.56. The van der Waals surface area contributed by atoms with Gasteiger partial charge in [0, 0.05) is 6.20 Å². The molecule has 0 saturated heterocycles. The summed E-state index contributed by atoms with van der Waals surface area (Å²) in [5, 5.41) is 3.98. The standard InChI is InChI=1S/C6H8N4O/c1-11-10-4-8-9-3-2-5(7)6(9)10/h2-4H,7H2,1H3. The number of hydrogen-bond acceptors (Lipinski definition) is 3. The van der Waals surface area contributed by atoms with E-state index in [2.05, 4.69) is 5.10 Å². The number of fused-ring (bicyclic) bond motifs is 1. The highest BCUT2D eigenvalue weighted by Crippen LogP contribution is 2.11. The van der Waals surface area contributed by atoms with E-state index in [9.17, 15) is 0 Å². The fraction of sp³-hybridized carbons (Fsp3) is 0.167. The predicted octanol–water partition coefficient (Wildman–Crippen LogP) is -0.224. The molecule has 0 radical (unpaired) electrons. The Morgan fingerprint density at radius 3 is 3.18 bits per heavy atom. The third-order valence-electron chi connectivity index (χ3n) is 1.56. The van der Waals surface area contributed by atoms with E-state index < -0.39 is 0 Å². The first kappa shape index (κ1) is 6.09. The lowest BCUT2D eigenvalue weighted by atomic mass is 10.5. The quantitative estimate of drug-likeness (QED) is 0.614. The molecule has 0 aromatic carbocycles. The molecule has 2 N–H and O–H groups in total. The third-order valence-corrected chi connectivity index (χ3v) is 1.56. The number of aromatic nitrogens is 3. The molecule has 0 atom stereocenters. The fourth-order valence-corrected chi connectivity index (χ4v) is 1.04. The minimum Gasteiger partial charge on any atom is -0.414 e. The van der Waals surface area contributed by atoms with Gasteiger partial charge in [-0.25, -0.2) is 4.52 Å². The van der Waals surface area contributed by atoms with Crippen LogP contribution in [-0.2, 0) is 0 Å². The van der Waals surface area contributed by atoms with Gasteiger partial charge in [-0.2, -0.15) is 9.83 Å². The van der Waals surface area contributed by atoms with Gasteiger partial charge in [0.1, 0.15) is 7.11 Å². The van der Waals surface area contributed by atoms with Gasteiger partial charge in [0.05, 0.1) is 5.69 Å². The number of rotatable bonds is 1. The van der Waals surface area contributed by atoms with Crippen LogP contribution >= 0.6 is 0 Å². The second kappa shape index (κ2) is 1.91. The summed E-state index contributed by atoms with van der Waals surface area (Å²) in [5.41, 5.74) is 7.05. The predicted molar refractivity (Wildman–Crippen MR) is 40.1 cm³/mol. The van der Waals surface area contributed by atoms with Gasteiger partial charge in [0.2, 0.25) is 0 Å². The van der Waals surface area contributed by atoms with Gasteiger partial charge in [-0.1, -0.05) is 0 Å². The summed E-state index contributed by atoms with van der Waals surface area (Å²) >= 11 is 0. The molecule has 2 heterocycles. The van der Waals surface area contributed by atoms with Crippen molar-refractivity contribution >= 4 is 11.3 Å². The van der Waals surface area contributed by atoms with E-state index >= 15 is 0 Å².